The standard InChI is InChI=1S/C27H32F2N4O2S/c1-4-30-36(35)25-17-33(3)26(27(34)31-20-12-14-22(28)23(29)16-20)21(25)13-15-24(32-36)18(2)10-11-19-8-6-5-7-9-19/h5-9,12,14,16-18,24H,4,10-11,13,15H2,1-3H3,(H,31,34)(H,30,32,35). The minimum absolute atomic E-state index is 0.0451. The molecular weight excluding hydrogens is 482 g/mol. The van der Waals surface area contributed by atoms with E-state index in [4.69, 9.17) is 0 Å². The molecule has 36 heavy (non-hydrogen) atoms. The van der Waals surface area contributed by atoms with Gasteiger partial charge in [-0.15, -0.1) is 0 Å². The highest BCUT2D eigenvalue weighted by atomic mass is 32.2. The Morgan fingerprint density at radius 3 is 2.67 bits per heavy atom. The molecule has 2 N–H and O–H groups in total. The molecule has 3 unspecified atom stereocenters. The van der Waals surface area contributed by atoms with E-state index >= 15 is 0 Å². The number of anilines is 1. The zero-order valence-corrected chi connectivity index (χ0v) is 21.6. The van der Waals surface area contributed by atoms with Crippen molar-refractivity contribution in [1.29, 1.82) is 0 Å². The van der Waals surface area contributed by atoms with Gasteiger partial charge < -0.3 is 9.88 Å². The number of fused-ring (bicyclic) bond motifs is 1. The SMILES string of the molecule is CCN=S1(=O)NC(C(C)CCc2ccccc2)CCc2c1cn(C)c2C(=O)Nc1ccc(F)c(F)c1. The fraction of sp³-hybridized carbons (Fsp3) is 0.370. The van der Waals surface area contributed by atoms with Gasteiger partial charge in [-0.3, -0.25) is 4.79 Å². The molecule has 192 valence electrons. The molecule has 3 atom stereocenters. The summed E-state index contributed by atoms with van der Waals surface area (Å²) in [6.07, 6.45) is 4.77. The maximum Gasteiger partial charge on any atom is 0.272 e. The van der Waals surface area contributed by atoms with Crippen LogP contribution < -0.4 is 10.0 Å². The lowest BCUT2D eigenvalue weighted by Crippen LogP contribution is -2.38. The second-order valence-corrected chi connectivity index (χ2v) is 11.2. The first-order valence-corrected chi connectivity index (χ1v) is 13.7. The van der Waals surface area contributed by atoms with E-state index in [0.717, 1.165) is 25.0 Å². The van der Waals surface area contributed by atoms with Crippen LogP contribution in [0.2, 0.25) is 0 Å². The summed E-state index contributed by atoms with van der Waals surface area (Å²) in [7, 11) is -1.26. The van der Waals surface area contributed by atoms with E-state index in [2.05, 4.69) is 33.5 Å². The lowest BCUT2D eigenvalue weighted by molar-refractivity contribution is 0.101. The van der Waals surface area contributed by atoms with Crippen LogP contribution in [0.1, 0.15) is 48.3 Å². The van der Waals surface area contributed by atoms with E-state index in [1.54, 1.807) is 17.8 Å². The summed E-state index contributed by atoms with van der Waals surface area (Å²) in [6.45, 7) is 4.35. The Hall–Kier alpha value is -3.04. The molecule has 0 saturated carbocycles. The second kappa shape index (κ2) is 10.9. The number of rotatable bonds is 7. The number of benzene rings is 2. The predicted molar refractivity (Wildman–Crippen MR) is 138 cm³/mol. The number of aryl methyl sites for hydroxylation is 2. The summed E-state index contributed by atoms with van der Waals surface area (Å²) in [5.74, 6) is -2.27. The monoisotopic (exact) mass is 514 g/mol. The van der Waals surface area contributed by atoms with Crippen LogP contribution in [0, 0.1) is 17.6 Å². The Kier molecular flexibility index (Phi) is 7.90. The Bertz CT molecular complexity index is 1360. The van der Waals surface area contributed by atoms with Crippen LogP contribution in [-0.2, 0) is 29.8 Å². The smallest absolute Gasteiger partial charge is 0.272 e. The number of halogens is 2. The number of nitrogens with zero attached hydrogens (tertiary/aromatic N) is 2. The minimum Gasteiger partial charge on any atom is -0.345 e. The summed E-state index contributed by atoms with van der Waals surface area (Å²) >= 11 is 0. The molecule has 9 heteroatoms. The summed E-state index contributed by atoms with van der Waals surface area (Å²) in [4.78, 5) is 13.7. The number of aromatic nitrogens is 1. The Morgan fingerprint density at radius 2 is 1.97 bits per heavy atom. The van der Waals surface area contributed by atoms with Gasteiger partial charge >= 0.3 is 0 Å². The third kappa shape index (κ3) is 5.52. The van der Waals surface area contributed by atoms with E-state index < -0.39 is 27.5 Å². The highest BCUT2D eigenvalue weighted by molar-refractivity contribution is 7.91. The van der Waals surface area contributed by atoms with Gasteiger partial charge in [0.2, 0.25) is 0 Å². The molecule has 2 heterocycles. The first-order chi connectivity index (χ1) is 17.2. The molecular formula is C27H32F2N4O2S. The fourth-order valence-corrected chi connectivity index (χ4v) is 7.04. The lowest BCUT2D eigenvalue weighted by atomic mass is 9.91. The maximum absolute atomic E-state index is 14.2. The fourth-order valence-electron chi connectivity index (χ4n) is 4.75. The molecule has 4 rings (SSSR count). The van der Waals surface area contributed by atoms with Crippen LogP contribution >= 0.6 is 0 Å². The van der Waals surface area contributed by atoms with Crippen LogP contribution in [-0.4, -0.2) is 27.3 Å². The van der Waals surface area contributed by atoms with Crippen LogP contribution in [0.3, 0.4) is 0 Å². The molecule has 1 aromatic heterocycles. The molecule has 3 aromatic rings. The first-order valence-electron chi connectivity index (χ1n) is 12.2. The molecule has 0 saturated heterocycles. The molecule has 0 bridgehead atoms. The quantitative estimate of drug-likeness (QED) is 0.438. The normalized spacial score (nSPS) is 20.3. The molecule has 2 aromatic carbocycles. The second-order valence-electron chi connectivity index (χ2n) is 9.25. The van der Waals surface area contributed by atoms with Crippen molar-refractivity contribution in [3.63, 3.8) is 0 Å². The third-order valence-electron chi connectivity index (χ3n) is 6.68. The number of nitrogens with one attached hydrogen (secondary N) is 2. The van der Waals surface area contributed by atoms with Gasteiger partial charge in [0, 0.05) is 43.1 Å². The van der Waals surface area contributed by atoms with Gasteiger partial charge in [0.25, 0.3) is 5.91 Å². The van der Waals surface area contributed by atoms with Crippen molar-refractivity contribution in [1.82, 2.24) is 9.29 Å². The van der Waals surface area contributed by atoms with Crippen molar-refractivity contribution in [3.8, 4) is 0 Å². The summed E-state index contributed by atoms with van der Waals surface area (Å²) in [5.41, 5.74) is 2.42. The third-order valence-corrected chi connectivity index (χ3v) is 8.87. The summed E-state index contributed by atoms with van der Waals surface area (Å²) in [6, 6.07) is 13.4. The highest BCUT2D eigenvalue weighted by Gasteiger charge is 2.33. The molecule has 6 nitrogen and oxygen atoms in total. The van der Waals surface area contributed by atoms with Crippen LogP contribution in [0.5, 0.6) is 0 Å². The van der Waals surface area contributed by atoms with E-state index in [1.165, 1.54) is 11.6 Å². The number of hydrogen-bond acceptors (Lipinski definition) is 3. The van der Waals surface area contributed by atoms with Crippen LogP contribution in [0.4, 0.5) is 14.5 Å². The predicted octanol–water partition coefficient (Wildman–Crippen LogP) is 5.49. The molecule has 0 aliphatic carbocycles. The van der Waals surface area contributed by atoms with Gasteiger partial charge in [-0.1, -0.05) is 37.3 Å². The molecule has 1 aliphatic rings. The molecule has 0 fully saturated rings. The average Bonchev–Trinajstić information content (AvgIpc) is 3.13. The largest absolute Gasteiger partial charge is 0.345 e. The van der Waals surface area contributed by atoms with E-state index in [-0.39, 0.29) is 17.6 Å². The number of carbonyl (C=O) groups is 1. The number of amides is 1. The van der Waals surface area contributed by atoms with Gasteiger partial charge in [-0.05, 0) is 56.2 Å². The van der Waals surface area contributed by atoms with Gasteiger partial charge in [0.15, 0.2) is 11.6 Å². The van der Waals surface area contributed by atoms with Crippen molar-refractivity contribution >= 4 is 21.5 Å². The van der Waals surface area contributed by atoms with Gasteiger partial charge in [0.05, 0.1) is 4.90 Å². The van der Waals surface area contributed by atoms with Crippen molar-refractivity contribution in [2.24, 2.45) is 17.3 Å². The Labute approximate surface area is 211 Å². The Balaban J connectivity index is 1.61. The number of hydrogen-bond donors (Lipinski definition) is 2. The van der Waals surface area contributed by atoms with Crippen molar-refractivity contribution < 1.29 is 17.8 Å². The zero-order chi connectivity index (χ0) is 25.9. The molecule has 1 aliphatic heterocycles. The highest BCUT2D eigenvalue weighted by Crippen LogP contribution is 2.31. The average molecular weight is 515 g/mol. The zero-order valence-electron chi connectivity index (χ0n) is 20.8. The van der Waals surface area contributed by atoms with Crippen LogP contribution in [0.15, 0.2) is 64.0 Å². The van der Waals surface area contributed by atoms with Gasteiger partial charge in [0.1, 0.15) is 15.6 Å². The number of carbonyl (C=O) groups excluding carboxylic acids is 1. The van der Waals surface area contributed by atoms with Gasteiger partial charge in [-0.2, -0.15) is 0 Å². The summed E-state index contributed by atoms with van der Waals surface area (Å²) < 4.78 is 50.6. The lowest BCUT2D eigenvalue weighted by Gasteiger charge is -2.25. The molecule has 0 radical (unpaired) electrons. The van der Waals surface area contributed by atoms with Gasteiger partial charge in [-0.25, -0.2) is 22.1 Å². The van der Waals surface area contributed by atoms with Crippen molar-refractivity contribution in [3.05, 3.63) is 83.2 Å². The summed E-state index contributed by atoms with van der Waals surface area (Å²) in [5, 5.41) is 2.65. The van der Waals surface area contributed by atoms with Crippen LogP contribution in [0.25, 0.3) is 0 Å². The van der Waals surface area contributed by atoms with E-state index in [1.807, 2.05) is 25.1 Å². The van der Waals surface area contributed by atoms with Crippen molar-refractivity contribution in [2.75, 3.05) is 11.9 Å². The van der Waals surface area contributed by atoms with Crippen molar-refractivity contribution in [2.45, 2.75) is 50.5 Å². The first kappa shape index (κ1) is 26.0. The van der Waals surface area contributed by atoms with E-state index in [9.17, 15) is 17.8 Å². The Morgan fingerprint density at radius 1 is 1.22 bits per heavy atom. The molecule has 0 spiro atoms. The topological polar surface area (TPSA) is 75.5 Å². The minimum atomic E-state index is -2.97. The van der Waals surface area contributed by atoms with E-state index in [0.29, 0.717) is 35.5 Å². The molecule has 1 amide bonds. The maximum atomic E-state index is 14.2.